The molecular formula is C12H16O2S. The van der Waals surface area contributed by atoms with Crippen LogP contribution in [0.25, 0.3) is 0 Å². The lowest BCUT2D eigenvalue weighted by atomic mass is 10.1. The maximum Gasteiger partial charge on any atom is 0.181 e. The first-order valence-electron chi connectivity index (χ1n) is 5.32. The smallest absolute Gasteiger partial charge is 0.181 e. The number of rotatable bonds is 3. The van der Waals surface area contributed by atoms with Gasteiger partial charge in [-0.05, 0) is 30.4 Å². The molecule has 0 heterocycles. The first-order valence-corrected chi connectivity index (χ1v) is 6.87. The normalized spacial score (nSPS) is 25.5. The molecule has 1 aromatic carbocycles. The van der Waals surface area contributed by atoms with E-state index in [-0.39, 0.29) is 5.25 Å². The van der Waals surface area contributed by atoms with E-state index in [2.05, 4.69) is 13.8 Å². The second-order valence-electron chi connectivity index (χ2n) is 4.54. The molecule has 0 bridgehead atoms. The van der Waals surface area contributed by atoms with Crippen LogP contribution < -0.4 is 0 Å². The molecule has 2 nitrogen and oxygen atoms in total. The van der Waals surface area contributed by atoms with Crippen molar-refractivity contribution in [3.63, 3.8) is 0 Å². The molecule has 0 saturated heterocycles. The van der Waals surface area contributed by atoms with Crippen molar-refractivity contribution in [3.05, 3.63) is 30.3 Å². The molecule has 1 aliphatic rings. The average Bonchev–Trinajstić information content (AvgIpc) is 2.99. The molecule has 1 aromatic rings. The molecule has 3 heteroatoms. The van der Waals surface area contributed by atoms with Crippen molar-refractivity contribution in [1.82, 2.24) is 0 Å². The first-order chi connectivity index (χ1) is 7.03. The molecule has 0 unspecified atom stereocenters. The molecule has 0 aliphatic heterocycles. The highest BCUT2D eigenvalue weighted by Crippen LogP contribution is 2.44. The van der Waals surface area contributed by atoms with E-state index in [0.29, 0.717) is 16.7 Å². The Balaban J connectivity index is 2.24. The van der Waals surface area contributed by atoms with Gasteiger partial charge >= 0.3 is 0 Å². The fourth-order valence-electron chi connectivity index (χ4n) is 2.03. The third-order valence-corrected chi connectivity index (χ3v) is 5.37. The molecule has 1 fully saturated rings. The van der Waals surface area contributed by atoms with Gasteiger partial charge in [-0.3, -0.25) is 0 Å². The lowest BCUT2D eigenvalue weighted by Gasteiger charge is -2.05. The number of benzene rings is 1. The summed E-state index contributed by atoms with van der Waals surface area (Å²) in [5.74, 6) is 0.823. The molecule has 0 radical (unpaired) electrons. The molecule has 1 aliphatic carbocycles. The van der Waals surface area contributed by atoms with E-state index < -0.39 is 9.84 Å². The maximum absolute atomic E-state index is 12.1. The summed E-state index contributed by atoms with van der Waals surface area (Å²) in [5, 5.41) is -0.139. The van der Waals surface area contributed by atoms with E-state index in [4.69, 9.17) is 0 Å². The number of hydrogen-bond acceptors (Lipinski definition) is 2. The minimum absolute atomic E-state index is 0.139. The van der Waals surface area contributed by atoms with Crippen molar-refractivity contribution in [2.24, 2.45) is 11.8 Å². The van der Waals surface area contributed by atoms with Crippen LogP contribution in [0.4, 0.5) is 0 Å². The first kappa shape index (κ1) is 10.7. The third-order valence-electron chi connectivity index (χ3n) is 3.11. The summed E-state index contributed by atoms with van der Waals surface area (Å²) in [7, 11) is -3.06. The Bertz CT molecular complexity index is 434. The zero-order valence-electron chi connectivity index (χ0n) is 9.05. The van der Waals surface area contributed by atoms with Crippen LogP contribution in [0, 0.1) is 11.8 Å². The zero-order chi connectivity index (χ0) is 11.1. The van der Waals surface area contributed by atoms with Gasteiger partial charge in [-0.1, -0.05) is 32.0 Å². The van der Waals surface area contributed by atoms with Gasteiger partial charge in [0.05, 0.1) is 10.1 Å². The molecule has 1 saturated carbocycles. The summed E-state index contributed by atoms with van der Waals surface area (Å²) in [4.78, 5) is 0.471. The molecular weight excluding hydrogens is 208 g/mol. The predicted molar refractivity (Wildman–Crippen MR) is 60.4 cm³/mol. The van der Waals surface area contributed by atoms with Crippen LogP contribution in [-0.2, 0) is 9.84 Å². The van der Waals surface area contributed by atoms with E-state index in [0.717, 1.165) is 6.42 Å². The third kappa shape index (κ3) is 1.93. The standard InChI is InChI=1S/C12H16O2S/c1-9(2)11-8-12(11)15(13,14)10-6-4-3-5-7-10/h3-7,9,11-12H,8H2,1-2H3/t11-,12-/m1/s1. The summed E-state index contributed by atoms with van der Waals surface area (Å²) >= 11 is 0. The highest BCUT2D eigenvalue weighted by Gasteiger charge is 2.48. The molecule has 2 atom stereocenters. The van der Waals surface area contributed by atoms with Crippen LogP contribution in [0.15, 0.2) is 35.2 Å². The number of hydrogen-bond donors (Lipinski definition) is 0. The van der Waals surface area contributed by atoms with E-state index in [1.165, 1.54) is 0 Å². The SMILES string of the molecule is CC(C)[C@H]1C[C@H]1S(=O)(=O)c1ccccc1. The fourth-order valence-corrected chi connectivity index (χ4v) is 4.17. The Hall–Kier alpha value is -0.830. The molecule has 0 N–H and O–H groups in total. The van der Waals surface area contributed by atoms with Gasteiger partial charge in [-0.15, -0.1) is 0 Å². The van der Waals surface area contributed by atoms with Gasteiger partial charge in [-0.25, -0.2) is 8.42 Å². The van der Waals surface area contributed by atoms with Gasteiger partial charge in [0.2, 0.25) is 0 Å². The maximum atomic E-state index is 12.1. The lowest BCUT2D eigenvalue weighted by Crippen LogP contribution is -2.11. The van der Waals surface area contributed by atoms with Crippen molar-refractivity contribution in [1.29, 1.82) is 0 Å². The Morgan fingerprint density at radius 2 is 1.80 bits per heavy atom. The minimum Gasteiger partial charge on any atom is -0.223 e. The average molecular weight is 224 g/mol. The zero-order valence-corrected chi connectivity index (χ0v) is 9.87. The van der Waals surface area contributed by atoms with Crippen molar-refractivity contribution < 1.29 is 8.42 Å². The molecule has 82 valence electrons. The van der Waals surface area contributed by atoms with Crippen molar-refractivity contribution in [2.75, 3.05) is 0 Å². The van der Waals surface area contributed by atoms with E-state index in [1.54, 1.807) is 24.3 Å². The van der Waals surface area contributed by atoms with E-state index >= 15 is 0 Å². The summed E-state index contributed by atoms with van der Waals surface area (Å²) in [6.07, 6.45) is 0.828. The Kier molecular flexibility index (Phi) is 2.59. The summed E-state index contributed by atoms with van der Waals surface area (Å²) in [6.45, 7) is 4.18. The van der Waals surface area contributed by atoms with Gasteiger partial charge < -0.3 is 0 Å². The van der Waals surface area contributed by atoms with Gasteiger partial charge in [0.25, 0.3) is 0 Å². The van der Waals surface area contributed by atoms with Crippen LogP contribution in [-0.4, -0.2) is 13.7 Å². The molecule has 0 spiro atoms. The van der Waals surface area contributed by atoms with E-state index in [1.807, 2.05) is 6.07 Å². The Morgan fingerprint density at radius 1 is 1.20 bits per heavy atom. The monoisotopic (exact) mass is 224 g/mol. The fraction of sp³-hybridized carbons (Fsp3) is 0.500. The Morgan fingerprint density at radius 3 is 2.27 bits per heavy atom. The summed E-state index contributed by atoms with van der Waals surface area (Å²) in [5.41, 5.74) is 0. The van der Waals surface area contributed by atoms with Crippen LogP contribution >= 0.6 is 0 Å². The van der Waals surface area contributed by atoms with Gasteiger partial charge in [0.1, 0.15) is 0 Å². The molecule has 2 rings (SSSR count). The molecule has 15 heavy (non-hydrogen) atoms. The van der Waals surface area contributed by atoms with Crippen LogP contribution in [0.2, 0.25) is 0 Å². The van der Waals surface area contributed by atoms with Gasteiger partial charge in [0, 0.05) is 0 Å². The van der Waals surface area contributed by atoms with Gasteiger partial charge in [0.15, 0.2) is 9.84 Å². The van der Waals surface area contributed by atoms with Crippen molar-refractivity contribution in [3.8, 4) is 0 Å². The van der Waals surface area contributed by atoms with Crippen LogP contribution in [0.3, 0.4) is 0 Å². The minimum atomic E-state index is -3.06. The van der Waals surface area contributed by atoms with Crippen LogP contribution in [0.5, 0.6) is 0 Å². The second-order valence-corrected chi connectivity index (χ2v) is 6.71. The predicted octanol–water partition coefficient (Wildman–Crippen LogP) is 2.50. The topological polar surface area (TPSA) is 34.1 Å². The molecule has 0 aromatic heterocycles. The Labute approximate surface area is 91.2 Å². The highest BCUT2D eigenvalue weighted by atomic mass is 32.2. The quantitative estimate of drug-likeness (QED) is 0.790. The summed E-state index contributed by atoms with van der Waals surface area (Å²) in [6, 6.07) is 8.77. The van der Waals surface area contributed by atoms with Crippen molar-refractivity contribution in [2.45, 2.75) is 30.4 Å². The summed E-state index contributed by atoms with van der Waals surface area (Å²) < 4.78 is 24.2. The molecule has 0 amide bonds. The van der Waals surface area contributed by atoms with E-state index in [9.17, 15) is 8.42 Å². The lowest BCUT2D eigenvalue weighted by molar-refractivity contribution is 0.549. The van der Waals surface area contributed by atoms with Crippen LogP contribution in [0.1, 0.15) is 20.3 Å². The number of sulfone groups is 1. The second kappa shape index (κ2) is 3.63. The van der Waals surface area contributed by atoms with Crippen molar-refractivity contribution >= 4 is 9.84 Å². The highest BCUT2D eigenvalue weighted by molar-refractivity contribution is 7.92. The largest absolute Gasteiger partial charge is 0.223 e. The van der Waals surface area contributed by atoms with Gasteiger partial charge in [-0.2, -0.15) is 0 Å².